The summed E-state index contributed by atoms with van der Waals surface area (Å²) in [7, 11) is 0. The predicted octanol–water partition coefficient (Wildman–Crippen LogP) is 3.54. The van der Waals surface area contributed by atoms with Gasteiger partial charge in [0.15, 0.2) is 0 Å². The van der Waals surface area contributed by atoms with Crippen molar-refractivity contribution in [3.05, 3.63) is 33.3 Å². The molecule has 0 aliphatic rings. The molecule has 0 aliphatic heterocycles. The maximum Gasteiger partial charge on any atom is 0.0551 e. The number of benzene rings is 1. The third-order valence-corrected chi connectivity index (χ3v) is 4.55. The lowest BCUT2D eigenvalue weighted by Crippen LogP contribution is -2.45. The molecular weight excluding hydrogens is 302 g/mol. The van der Waals surface area contributed by atoms with Crippen molar-refractivity contribution < 1.29 is 5.11 Å². The Labute approximate surface area is 116 Å². The van der Waals surface area contributed by atoms with Crippen molar-refractivity contribution in [2.75, 3.05) is 6.61 Å². The Kier molecular flexibility index (Phi) is 5.02. The summed E-state index contributed by atoms with van der Waals surface area (Å²) in [5, 5.41) is 10.1. The summed E-state index contributed by atoms with van der Waals surface area (Å²) in [5.41, 5.74) is 6.73. The van der Waals surface area contributed by atoms with E-state index in [1.807, 2.05) is 25.1 Å². The van der Waals surface area contributed by atoms with Gasteiger partial charge in [0.2, 0.25) is 0 Å². The molecule has 0 bridgehead atoms. The minimum Gasteiger partial charge on any atom is -0.396 e. The van der Waals surface area contributed by atoms with E-state index in [1.165, 1.54) is 0 Å². The molecule has 0 saturated carbocycles. The molecule has 1 aromatic rings. The van der Waals surface area contributed by atoms with Crippen LogP contribution in [0.15, 0.2) is 22.7 Å². The van der Waals surface area contributed by atoms with E-state index in [0.717, 1.165) is 10.0 Å². The first-order valence-electron chi connectivity index (χ1n) is 5.66. The van der Waals surface area contributed by atoms with Crippen molar-refractivity contribution in [3.63, 3.8) is 0 Å². The minimum atomic E-state index is -0.590. The standard InChI is InChI=1S/C13H19BrClNO/c1-8(2)10(7-17)13(3,16)9-4-5-11(14)12(15)6-9/h4-6,8,10,17H,7,16H2,1-3H3/t10?,13-/m0/s1. The molecule has 1 rings (SSSR count). The summed E-state index contributed by atoms with van der Waals surface area (Å²) < 4.78 is 0.851. The molecule has 96 valence electrons. The molecule has 2 atom stereocenters. The summed E-state index contributed by atoms with van der Waals surface area (Å²) in [6, 6.07) is 5.69. The number of aliphatic hydroxyl groups is 1. The zero-order chi connectivity index (χ0) is 13.2. The van der Waals surface area contributed by atoms with Gasteiger partial charge in [-0.25, -0.2) is 0 Å². The van der Waals surface area contributed by atoms with Gasteiger partial charge < -0.3 is 10.8 Å². The van der Waals surface area contributed by atoms with Crippen LogP contribution in [0, 0.1) is 11.8 Å². The van der Waals surface area contributed by atoms with Crippen LogP contribution in [0.1, 0.15) is 26.3 Å². The van der Waals surface area contributed by atoms with Crippen molar-refractivity contribution in [3.8, 4) is 0 Å². The Morgan fingerprint density at radius 1 is 1.47 bits per heavy atom. The number of rotatable bonds is 4. The number of halogens is 2. The quantitative estimate of drug-likeness (QED) is 0.891. The highest BCUT2D eigenvalue weighted by atomic mass is 79.9. The first-order valence-corrected chi connectivity index (χ1v) is 6.83. The topological polar surface area (TPSA) is 46.2 Å². The van der Waals surface area contributed by atoms with Crippen LogP contribution in [0.2, 0.25) is 5.02 Å². The van der Waals surface area contributed by atoms with Gasteiger partial charge in [-0.1, -0.05) is 31.5 Å². The van der Waals surface area contributed by atoms with Crippen molar-refractivity contribution in [1.82, 2.24) is 0 Å². The fourth-order valence-corrected chi connectivity index (χ4v) is 2.57. The Hall–Kier alpha value is -0.0900. The van der Waals surface area contributed by atoms with E-state index in [-0.39, 0.29) is 12.5 Å². The molecular formula is C13H19BrClNO. The van der Waals surface area contributed by atoms with E-state index in [4.69, 9.17) is 17.3 Å². The summed E-state index contributed by atoms with van der Waals surface area (Å²) in [4.78, 5) is 0. The zero-order valence-electron chi connectivity index (χ0n) is 10.4. The van der Waals surface area contributed by atoms with E-state index in [0.29, 0.717) is 10.9 Å². The SMILES string of the molecule is CC(C)C(CO)[C@@](C)(N)c1ccc(Br)c(Cl)c1. The van der Waals surface area contributed by atoms with Crippen molar-refractivity contribution in [1.29, 1.82) is 0 Å². The van der Waals surface area contributed by atoms with Crippen LogP contribution in [0.4, 0.5) is 0 Å². The van der Waals surface area contributed by atoms with Crippen LogP contribution >= 0.6 is 27.5 Å². The molecule has 0 fully saturated rings. The summed E-state index contributed by atoms with van der Waals surface area (Å²) in [5.74, 6) is 0.303. The van der Waals surface area contributed by atoms with Crippen molar-refractivity contribution in [2.24, 2.45) is 17.6 Å². The fraction of sp³-hybridized carbons (Fsp3) is 0.538. The highest BCUT2D eigenvalue weighted by Crippen LogP contribution is 2.34. The van der Waals surface area contributed by atoms with E-state index >= 15 is 0 Å². The van der Waals surface area contributed by atoms with Gasteiger partial charge in [0.1, 0.15) is 0 Å². The molecule has 3 N–H and O–H groups in total. The van der Waals surface area contributed by atoms with Crippen LogP contribution in [0.25, 0.3) is 0 Å². The zero-order valence-corrected chi connectivity index (χ0v) is 12.7. The van der Waals surface area contributed by atoms with Gasteiger partial charge in [0.05, 0.1) is 5.02 Å². The number of aliphatic hydroxyl groups excluding tert-OH is 1. The predicted molar refractivity (Wildman–Crippen MR) is 76.1 cm³/mol. The van der Waals surface area contributed by atoms with Gasteiger partial charge in [-0.15, -0.1) is 0 Å². The average molecular weight is 321 g/mol. The second-order valence-corrected chi connectivity index (χ2v) is 6.21. The van der Waals surface area contributed by atoms with Gasteiger partial charge in [-0.3, -0.25) is 0 Å². The van der Waals surface area contributed by atoms with Gasteiger partial charge in [-0.2, -0.15) is 0 Å². The second kappa shape index (κ2) is 5.70. The summed E-state index contributed by atoms with van der Waals surface area (Å²) in [6.07, 6.45) is 0. The molecule has 1 unspecified atom stereocenters. The van der Waals surface area contributed by atoms with Gasteiger partial charge in [0, 0.05) is 22.5 Å². The van der Waals surface area contributed by atoms with Gasteiger partial charge in [-0.05, 0) is 46.5 Å². The van der Waals surface area contributed by atoms with Crippen LogP contribution in [-0.2, 0) is 5.54 Å². The Bertz CT molecular complexity index is 393. The summed E-state index contributed by atoms with van der Waals surface area (Å²) in [6.45, 7) is 6.13. The van der Waals surface area contributed by atoms with E-state index in [1.54, 1.807) is 0 Å². The lowest BCUT2D eigenvalue weighted by Gasteiger charge is -2.36. The molecule has 0 heterocycles. The molecule has 1 aromatic carbocycles. The fourth-order valence-electron chi connectivity index (χ4n) is 2.14. The molecule has 0 radical (unpaired) electrons. The molecule has 0 aliphatic carbocycles. The number of hydrogen-bond donors (Lipinski definition) is 2. The lowest BCUT2D eigenvalue weighted by atomic mass is 9.75. The van der Waals surface area contributed by atoms with Crippen molar-refractivity contribution in [2.45, 2.75) is 26.3 Å². The smallest absolute Gasteiger partial charge is 0.0551 e. The highest BCUT2D eigenvalue weighted by Gasteiger charge is 2.33. The first kappa shape index (κ1) is 15.0. The van der Waals surface area contributed by atoms with E-state index in [2.05, 4.69) is 29.8 Å². The van der Waals surface area contributed by atoms with Gasteiger partial charge in [0.25, 0.3) is 0 Å². The van der Waals surface area contributed by atoms with Crippen LogP contribution in [0.5, 0.6) is 0 Å². The largest absolute Gasteiger partial charge is 0.396 e. The van der Waals surface area contributed by atoms with Crippen LogP contribution in [0.3, 0.4) is 0 Å². The molecule has 2 nitrogen and oxygen atoms in total. The lowest BCUT2D eigenvalue weighted by molar-refractivity contribution is 0.120. The summed E-state index contributed by atoms with van der Waals surface area (Å²) >= 11 is 9.44. The number of hydrogen-bond acceptors (Lipinski definition) is 2. The average Bonchev–Trinajstić information content (AvgIpc) is 2.21. The first-order chi connectivity index (χ1) is 7.80. The Balaban J connectivity index is 3.15. The normalized spacial score (nSPS) is 16.9. The van der Waals surface area contributed by atoms with E-state index in [9.17, 15) is 5.11 Å². The molecule has 0 amide bonds. The third kappa shape index (κ3) is 3.22. The second-order valence-electron chi connectivity index (χ2n) is 4.94. The maximum absolute atomic E-state index is 9.50. The van der Waals surface area contributed by atoms with E-state index < -0.39 is 5.54 Å². The molecule has 0 aromatic heterocycles. The monoisotopic (exact) mass is 319 g/mol. The minimum absolute atomic E-state index is 0.000239. The van der Waals surface area contributed by atoms with Crippen LogP contribution < -0.4 is 5.73 Å². The molecule has 0 saturated heterocycles. The number of nitrogens with two attached hydrogens (primary N) is 1. The Morgan fingerprint density at radius 3 is 2.47 bits per heavy atom. The Morgan fingerprint density at radius 2 is 2.06 bits per heavy atom. The van der Waals surface area contributed by atoms with Gasteiger partial charge >= 0.3 is 0 Å². The third-order valence-electron chi connectivity index (χ3n) is 3.31. The molecule has 4 heteroatoms. The maximum atomic E-state index is 9.50. The van der Waals surface area contributed by atoms with Crippen LogP contribution in [-0.4, -0.2) is 11.7 Å². The molecule has 17 heavy (non-hydrogen) atoms. The van der Waals surface area contributed by atoms with Crippen molar-refractivity contribution >= 4 is 27.5 Å². The molecule has 0 spiro atoms. The highest BCUT2D eigenvalue weighted by molar-refractivity contribution is 9.10.